The monoisotopic (exact) mass is 290 g/mol. The molecule has 1 aromatic rings. The number of rotatable bonds is 3. The van der Waals surface area contributed by atoms with Gasteiger partial charge in [-0.25, -0.2) is 0 Å². The average molecular weight is 291 g/mol. The van der Waals surface area contributed by atoms with Crippen LogP contribution in [0.3, 0.4) is 0 Å². The third-order valence-corrected chi connectivity index (χ3v) is 3.50. The Hall–Kier alpha value is -1.83. The van der Waals surface area contributed by atoms with Gasteiger partial charge in [0.2, 0.25) is 0 Å². The third-order valence-electron chi connectivity index (χ3n) is 3.12. The van der Waals surface area contributed by atoms with Gasteiger partial charge >= 0.3 is 5.97 Å². The van der Waals surface area contributed by atoms with Crippen LogP contribution in [0.4, 0.5) is 0 Å². The van der Waals surface area contributed by atoms with E-state index in [2.05, 4.69) is 11.4 Å². The van der Waals surface area contributed by atoms with Crippen LogP contribution in [0.5, 0.6) is 0 Å². The summed E-state index contributed by atoms with van der Waals surface area (Å²) in [7, 11) is 0. The molecule has 1 atom stereocenters. The molecule has 0 aromatic heterocycles. The maximum absolute atomic E-state index is 12.0. The first-order valence-corrected chi connectivity index (χ1v) is 6.80. The minimum atomic E-state index is -0.489. The number of hydrogen-bond donors (Lipinski definition) is 1. The smallest absolute Gasteiger partial charge is 0.323 e. The molecule has 1 N–H and O–H groups in total. The molecule has 1 aliphatic rings. The van der Waals surface area contributed by atoms with Gasteiger partial charge in [0.1, 0.15) is 12.6 Å². The highest BCUT2D eigenvalue weighted by Gasteiger charge is 2.24. The van der Waals surface area contributed by atoms with Crippen molar-refractivity contribution < 1.29 is 9.53 Å². The summed E-state index contributed by atoms with van der Waals surface area (Å²) in [4.78, 5) is 12.0. The van der Waals surface area contributed by atoms with E-state index < -0.39 is 6.04 Å². The lowest BCUT2D eigenvalue weighted by atomic mass is 10.1. The second kappa shape index (κ2) is 7.09. The summed E-state index contributed by atoms with van der Waals surface area (Å²) in [5.41, 5.74) is 1.48. The summed E-state index contributed by atoms with van der Waals surface area (Å²) in [5, 5.41) is 12.4. The van der Waals surface area contributed by atoms with E-state index in [1.807, 2.05) is 30.3 Å². The van der Waals surface area contributed by atoms with Crippen molar-refractivity contribution in [2.45, 2.75) is 25.5 Å². The van der Waals surface area contributed by atoms with E-state index in [0.717, 1.165) is 5.56 Å². The fourth-order valence-electron chi connectivity index (χ4n) is 1.99. The van der Waals surface area contributed by atoms with Crippen LogP contribution in [-0.4, -0.2) is 18.6 Å². The van der Waals surface area contributed by atoms with Gasteiger partial charge in [0.05, 0.1) is 6.07 Å². The molecule has 0 radical (unpaired) electrons. The minimum absolute atomic E-state index is 0.240. The molecule has 0 amide bonds. The summed E-state index contributed by atoms with van der Waals surface area (Å²) in [6.45, 7) is 0.786. The number of nitrogens with one attached hydrogen (secondary N) is 1. The Morgan fingerprint density at radius 1 is 1.45 bits per heavy atom. The molecule has 20 heavy (non-hydrogen) atoms. The average Bonchev–Trinajstić information content (AvgIpc) is 2.67. The van der Waals surface area contributed by atoms with E-state index in [0.29, 0.717) is 30.0 Å². The van der Waals surface area contributed by atoms with Crippen LogP contribution in [0.15, 0.2) is 40.9 Å². The number of carbonyl (C=O) groups excluding carboxylic acids is 1. The second-order valence-corrected chi connectivity index (χ2v) is 5.01. The SMILES string of the molecule is N#CC1=C(Cl)CC(C(=O)OCc2ccccc2)NCC1. The van der Waals surface area contributed by atoms with Crippen LogP contribution < -0.4 is 5.32 Å². The van der Waals surface area contributed by atoms with E-state index in [-0.39, 0.29) is 12.6 Å². The van der Waals surface area contributed by atoms with Gasteiger partial charge in [-0.3, -0.25) is 4.79 Å². The highest BCUT2D eigenvalue weighted by molar-refractivity contribution is 6.30. The maximum atomic E-state index is 12.0. The molecule has 2 rings (SSSR count). The minimum Gasteiger partial charge on any atom is -0.460 e. The maximum Gasteiger partial charge on any atom is 0.323 e. The topological polar surface area (TPSA) is 62.1 Å². The van der Waals surface area contributed by atoms with Crippen molar-refractivity contribution in [3.63, 3.8) is 0 Å². The standard InChI is InChI=1S/C15H15ClN2O2/c16-13-8-14(18-7-6-12(13)9-17)15(19)20-10-11-4-2-1-3-5-11/h1-5,14,18H,6-8,10H2. The van der Waals surface area contributed by atoms with E-state index >= 15 is 0 Å². The van der Waals surface area contributed by atoms with Gasteiger partial charge in [-0.1, -0.05) is 41.9 Å². The zero-order valence-electron chi connectivity index (χ0n) is 10.9. The first kappa shape index (κ1) is 14.6. The Kier molecular flexibility index (Phi) is 5.16. The molecule has 0 bridgehead atoms. The molecule has 0 saturated heterocycles. The van der Waals surface area contributed by atoms with Crippen molar-refractivity contribution >= 4 is 17.6 Å². The molecule has 0 spiro atoms. The lowest BCUT2D eigenvalue weighted by Gasteiger charge is -2.15. The van der Waals surface area contributed by atoms with Gasteiger partial charge in [0, 0.05) is 23.6 Å². The number of hydrogen-bond acceptors (Lipinski definition) is 4. The Balaban J connectivity index is 1.93. The summed E-state index contributed by atoms with van der Waals surface area (Å²) in [6, 6.07) is 11.1. The van der Waals surface area contributed by atoms with E-state index in [4.69, 9.17) is 21.6 Å². The molecule has 4 nitrogen and oxygen atoms in total. The van der Waals surface area contributed by atoms with E-state index in [9.17, 15) is 4.79 Å². The predicted molar refractivity (Wildman–Crippen MR) is 75.8 cm³/mol. The molecule has 1 heterocycles. The Morgan fingerprint density at radius 3 is 2.90 bits per heavy atom. The zero-order chi connectivity index (χ0) is 14.4. The molecule has 1 aromatic carbocycles. The second-order valence-electron chi connectivity index (χ2n) is 4.55. The fourth-order valence-corrected chi connectivity index (χ4v) is 2.29. The van der Waals surface area contributed by atoms with Crippen molar-refractivity contribution in [1.82, 2.24) is 5.32 Å². The highest BCUT2D eigenvalue weighted by atomic mass is 35.5. The van der Waals surface area contributed by atoms with Gasteiger partial charge in [0.15, 0.2) is 0 Å². The predicted octanol–water partition coefficient (Wildman–Crippen LogP) is 2.50. The first-order valence-electron chi connectivity index (χ1n) is 6.42. The molecular weight excluding hydrogens is 276 g/mol. The van der Waals surface area contributed by atoms with Gasteiger partial charge in [0.25, 0.3) is 0 Å². The number of nitriles is 1. The molecule has 0 aliphatic carbocycles. The number of halogens is 1. The molecule has 0 fully saturated rings. The molecule has 1 unspecified atom stereocenters. The van der Waals surface area contributed by atoms with Crippen molar-refractivity contribution in [2.24, 2.45) is 0 Å². The number of esters is 1. The Labute approximate surface area is 123 Å². The van der Waals surface area contributed by atoms with Crippen LogP contribution in [-0.2, 0) is 16.1 Å². The van der Waals surface area contributed by atoms with Crippen LogP contribution in [0.2, 0.25) is 0 Å². The Bertz CT molecular complexity index is 549. The summed E-state index contributed by atoms with van der Waals surface area (Å²) in [5.74, 6) is -0.341. The first-order chi connectivity index (χ1) is 9.70. The van der Waals surface area contributed by atoms with Crippen molar-refractivity contribution in [3.05, 3.63) is 46.5 Å². The molecule has 5 heteroatoms. The van der Waals surface area contributed by atoms with E-state index in [1.165, 1.54) is 0 Å². The van der Waals surface area contributed by atoms with Gasteiger partial charge < -0.3 is 10.1 Å². The molecular formula is C15H15ClN2O2. The number of ether oxygens (including phenoxy) is 1. The largest absolute Gasteiger partial charge is 0.460 e. The number of nitrogens with zero attached hydrogens (tertiary/aromatic N) is 1. The summed E-state index contributed by atoms with van der Waals surface area (Å²) in [6.07, 6.45) is 0.843. The van der Waals surface area contributed by atoms with Gasteiger partial charge in [-0.15, -0.1) is 0 Å². The zero-order valence-corrected chi connectivity index (χ0v) is 11.7. The van der Waals surface area contributed by atoms with Gasteiger partial charge in [-0.05, 0) is 12.0 Å². The number of carbonyl (C=O) groups is 1. The van der Waals surface area contributed by atoms with Crippen molar-refractivity contribution in [1.29, 1.82) is 5.26 Å². The molecule has 1 aliphatic heterocycles. The van der Waals surface area contributed by atoms with Crippen molar-refractivity contribution in [2.75, 3.05) is 6.54 Å². The van der Waals surface area contributed by atoms with Crippen molar-refractivity contribution in [3.8, 4) is 6.07 Å². The lowest BCUT2D eigenvalue weighted by Crippen LogP contribution is -2.37. The lowest BCUT2D eigenvalue weighted by molar-refractivity contribution is -0.147. The van der Waals surface area contributed by atoms with Crippen LogP contribution in [0.25, 0.3) is 0 Å². The summed E-state index contributed by atoms with van der Waals surface area (Å²) >= 11 is 6.05. The van der Waals surface area contributed by atoms with Gasteiger partial charge in [-0.2, -0.15) is 5.26 Å². The molecule has 104 valence electrons. The quantitative estimate of drug-likeness (QED) is 0.869. The normalized spacial score (nSPS) is 19.1. The van der Waals surface area contributed by atoms with E-state index in [1.54, 1.807) is 0 Å². The number of benzene rings is 1. The highest BCUT2D eigenvalue weighted by Crippen LogP contribution is 2.21. The van der Waals surface area contributed by atoms with Crippen LogP contribution in [0.1, 0.15) is 18.4 Å². The van der Waals surface area contributed by atoms with Crippen LogP contribution in [0, 0.1) is 11.3 Å². The van der Waals surface area contributed by atoms with Crippen LogP contribution >= 0.6 is 11.6 Å². The fraction of sp³-hybridized carbons (Fsp3) is 0.333. The third kappa shape index (κ3) is 3.83. The summed E-state index contributed by atoms with van der Waals surface area (Å²) < 4.78 is 5.27. The Morgan fingerprint density at radius 2 is 2.20 bits per heavy atom. The molecule has 0 saturated carbocycles.